The molecule has 31 heavy (non-hydrogen) atoms. The predicted octanol–water partition coefficient (Wildman–Crippen LogP) is 3.50. The van der Waals surface area contributed by atoms with Gasteiger partial charge in [-0.1, -0.05) is 30.3 Å². The Kier molecular flexibility index (Phi) is 7.45. The highest BCUT2D eigenvalue weighted by atomic mass is 32.2. The molecule has 0 aromatic heterocycles. The number of amides is 3. The summed E-state index contributed by atoms with van der Waals surface area (Å²) in [5.74, 6) is -0.768. The van der Waals surface area contributed by atoms with Crippen LogP contribution in [-0.2, 0) is 14.4 Å². The molecule has 160 valence electrons. The van der Waals surface area contributed by atoms with Crippen molar-refractivity contribution in [2.75, 3.05) is 13.1 Å². The zero-order valence-corrected chi connectivity index (χ0v) is 17.3. The van der Waals surface area contributed by atoms with E-state index in [-0.39, 0.29) is 24.3 Å². The topological polar surface area (TPSA) is 113 Å². The third kappa shape index (κ3) is 6.45. The van der Waals surface area contributed by atoms with Crippen molar-refractivity contribution in [2.24, 2.45) is 0 Å². The molecule has 3 rings (SSSR count). The molecule has 0 radical (unpaired) electrons. The molecule has 2 N–H and O–H groups in total. The summed E-state index contributed by atoms with van der Waals surface area (Å²) in [7, 11) is 0. The van der Waals surface area contributed by atoms with Gasteiger partial charge in [-0.15, -0.1) is 0 Å². The Hall–Kier alpha value is -3.59. The van der Waals surface area contributed by atoms with Gasteiger partial charge in [-0.2, -0.15) is 0 Å². The Labute approximate surface area is 182 Å². The van der Waals surface area contributed by atoms with E-state index in [1.165, 1.54) is 0 Å². The molecule has 3 amide bonds. The van der Waals surface area contributed by atoms with Crippen molar-refractivity contribution in [2.45, 2.75) is 12.8 Å². The highest BCUT2D eigenvalue weighted by molar-refractivity contribution is 8.18. The summed E-state index contributed by atoms with van der Waals surface area (Å²) in [6.07, 6.45) is 1.77. The van der Waals surface area contributed by atoms with Gasteiger partial charge in [0.15, 0.2) is 0 Å². The molecule has 0 saturated carbocycles. The van der Waals surface area contributed by atoms with Gasteiger partial charge < -0.3 is 15.2 Å². The number of carboxylic acid groups (broad SMARTS) is 1. The average Bonchev–Trinajstić information content (AvgIpc) is 2.99. The fraction of sp³-hybridized carbons (Fsp3) is 0.182. The molecule has 2 aromatic carbocycles. The highest BCUT2D eigenvalue weighted by Gasteiger charge is 2.36. The maximum atomic E-state index is 12.6. The van der Waals surface area contributed by atoms with Crippen molar-refractivity contribution in [1.82, 2.24) is 10.2 Å². The smallest absolute Gasteiger partial charge is 0.303 e. The molecule has 0 atom stereocenters. The minimum atomic E-state index is -0.955. The number of hydrogen-bond acceptors (Lipinski definition) is 6. The maximum absolute atomic E-state index is 12.6. The first kappa shape index (κ1) is 22.1. The summed E-state index contributed by atoms with van der Waals surface area (Å²) in [5, 5.41) is 10.6. The molecule has 1 heterocycles. The first-order valence-corrected chi connectivity index (χ1v) is 10.3. The first-order chi connectivity index (χ1) is 14.9. The second-order valence-corrected chi connectivity index (χ2v) is 7.60. The summed E-state index contributed by atoms with van der Waals surface area (Å²) in [4.78, 5) is 48.3. The van der Waals surface area contributed by atoms with Crippen molar-refractivity contribution >= 4 is 40.9 Å². The molecule has 0 aliphatic carbocycles. The molecule has 0 bridgehead atoms. The maximum Gasteiger partial charge on any atom is 0.303 e. The summed E-state index contributed by atoms with van der Waals surface area (Å²) in [5.41, 5.74) is 0.678. The number of carbonyl (C=O) groups excluding carboxylic acids is 3. The van der Waals surface area contributed by atoms with E-state index in [9.17, 15) is 19.2 Å². The SMILES string of the molecule is O=C(O)CCCNC(=O)CN1C(=O)S/C(=C\c2cccc(Oc3ccccc3)c2)C1=O. The van der Waals surface area contributed by atoms with Crippen LogP contribution < -0.4 is 10.1 Å². The number of aliphatic carboxylic acids is 1. The van der Waals surface area contributed by atoms with Gasteiger partial charge >= 0.3 is 5.97 Å². The molecule has 0 unspecified atom stereocenters. The lowest BCUT2D eigenvalue weighted by Crippen LogP contribution is -2.39. The molecule has 2 aromatic rings. The lowest BCUT2D eigenvalue weighted by molar-refractivity contribution is -0.137. The molecule has 9 heteroatoms. The fourth-order valence-corrected chi connectivity index (χ4v) is 3.59. The number of imide groups is 1. The predicted molar refractivity (Wildman–Crippen MR) is 116 cm³/mol. The van der Waals surface area contributed by atoms with E-state index < -0.39 is 29.6 Å². The van der Waals surface area contributed by atoms with Crippen LogP contribution in [0.2, 0.25) is 0 Å². The molecule has 1 saturated heterocycles. The number of thioether (sulfide) groups is 1. The fourth-order valence-electron chi connectivity index (χ4n) is 2.75. The molecule has 1 aliphatic heterocycles. The van der Waals surface area contributed by atoms with E-state index in [4.69, 9.17) is 9.84 Å². The molecule has 1 fully saturated rings. The van der Waals surface area contributed by atoms with Crippen LogP contribution in [0.4, 0.5) is 4.79 Å². The van der Waals surface area contributed by atoms with E-state index in [0.717, 1.165) is 16.7 Å². The van der Waals surface area contributed by atoms with Crippen LogP contribution in [0.15, 0.2) is 59.5 Å². The van der Waals surface area contributed by atoms with Crippen LogP contribution in [-0.4, -0.2) is 46.1 Å². The van der Waals surface area contributed by atoms with Crippen molar-refractivity contribution in [3.05, 3.63) is 65.1 Å². The number of carboxylic acids is 1. The summed E-state index contributed by atoms with van der Waals surface area (Å²) in [6.45, 7) is -0.252. The largest absolute Gasteiger partial charge is 0.481 e. The zero-order chi connectivity index (χ0) is 22.2. The number of nitrogens with one attached hydrogen (secondary N) is 1. The van der Waals surface area contributed by atoms with Crippen LogP contribution in [0.25, 0.3) is 6.08 Å². The second kappa shape index (κ2) is 10.4. The number of rotatable bonds is 9. The van der Waals surface area contributed by atoms with Crippen LogP contribution in [0.3, 0.4) is 0 Å². The van der Waals surface area contributed by atoms with Gasteiger partial charge in [0.25, 0.3) is 11.1 Å². The van der Waals surface area contributed by atoms with Gasteiger partial charge in [-0.25, -0.2) is 0 Å². The number of ether oxygens (including phenoxy) is 1. The summed E-state index contributed by atoms with van der Waals surface area (Å²) in [6, 6.07) is 16.3. The Morgan fingerprint density at radius 3 is 2.55 bits per heavy atom. The van der Waals surface area contributed by atoms with Crippen LogP contribution in [0.1, 0.15) is 18.4 Å². The van der Waals surface area contributed by atoms with Gasteiger partial charge in [0, 0.05) is 13.0 Å². The van der Waals surface area contributed by atoms with Gasteiger partial charge in [0.05, 0.1) is 4.91 Å². The van der Waals surface area contributed by atoms with E-state index in [1.54, 1.807) is 30.3 Å². The Morgan fingerprint density at radius 2 is 1.81 bits per heavy atom. The van der Waals surface area contributed by atoms with E-state index in [2.05, 4.69) is 5.32 Å². The zero-order valence-electron chi connectivity index (χ0n) is 16.4. The first-order valence-electron chi connectivity index (χ1n) is 9.49. The van der Waals surface area contributed by atoms with Crippen molar-refractivity contribution in [1.29, 1.82) is 0 Å². The van der Waals surface area contributed by atoms with Gasteiger partial charge in [0.1, 0.15) is 18.0 Å². The van der Waals surface area contributed by atoms with Crippen LogP contribution in [0.5, 0.6) is 11.5 Å². The van der Waals surface area contributed by atoms with Crippen molar-refractivity contribution in [3.63, 3.8) is 0 Å². The monoisotopic (exact) mass is 440 g/mol. The van der Waals surface area contributed by atoms with Gasteiger partial charge in [-0.3, -0.25) is 24.1 Å². The molecule has 8 nitrogen and oxygen atoms in total. The molecular formula is C22H20N2O6S. The Morgan fingerprint density at radius 1 is 1.06 bits per heavy atom. The van der Waals surface area contributed by atoms with Crippen LogP contribution >= 0.6 is 11.8 Å². The quantitative estimate of drug-likeness (QED) is 0.453. The van der Waals surface area contributed by atoms with E-state index >= 15 is 0 Å². The third-order valence-electron chi connectivity index (χ3n) is 4.20. The van der Waals surface area contributed by atoms with Crippen molar-refractivity contribution in [3.8, 4) is 11.5 Å². The standard InChI is InChI=1S/C22H20N2O6S/c25-19(23-11-5-10-20(26)27)14-24-21(28)18(31-22(24)29)13-15-6-4-9-17(12-15)30-16-7-2-1-3-8-16/h1-4,6-9,12-13H,5,10-11,14H2,(H,23,25)(H,26,27)/b18-13-. The number of benzene rings is 2. The lowest BCUT2D eigenvalue weighted by Gasteiger charge is -2.12. The number of para-hydroxylation sites is 1. The second-order valence-electron chi connectivity index (χ2n) is 6.60. The Bertz CT molecular complexity index is 1020. The normalized spacial score (nSPS) is 14.7. The Balaban J connectivity index is 1.61. The van der Waals surface area contributed by atoms with Gasteiger partial charge in [0.2, 0.25) is 5.91 Å². The van der Waals surface area contributed by atoms with Crippen LogP contribution in [0, 0.1) is 0 Å². The summed E-state index contributed by atoms with van der Waals surface area (Å²) >= 11 is 0.761. The lowest BCUT2D eigenvalue weighted by atomic mass is 10.2. The minimum absolute atomic E-state index is 0.0718. The van der Waals surface area contributed by atoms with Gasteiger partial charge in [-0.05, 0) is 54.1 Å². The molecular weight excluding hydrogens is 420 g/mol. The average molecular weight is 440 g/mol. The number of hydrogen-bond donors (Lipinski definition) is 2. The van der Waals surface area contributed by atoms with E-state index in [0.29, 0.717) is 17.1 Å². The summed E-state index contributed by atoms with van der Waals surface area (Å²) < 4.78 is 5.78. The van der Waals surface area contributed by atoms with E-state index in [1.807, 2.05) is 30.3 Å². The number of nitrogens with zero attached hydrogens (tertiary/aromatic N) is 1. The molecule has 1 aliphatic rings. The molecule has 0 spiro atoms. The number of carbonyl (C=O) groups is 4. The minimum Gasteiger partial charge on any atom is -0.481 e. The highest BCUT2D eigenvalue weighted by Crippen LogP contribution is 2.32. The third-order valence-corrected chi connectivity index (χ3v) is 5.11. The van der Waals surface area contributed by atoms with Crippen molar-refractivity contribution < 1.29 is 29.0 Å².